The number of rotatable bonds is 4. The second kappa shape index (κ2) is 6.08. The molecule has 1 aliphatic rings. The van der Waals surface area contributed by atoms with Gasteiger partial charge in [0, 0.05) is 32.4 Å². The SMILES string of the molecule is CN(Cc1ccccc1)c1ccc(N2CCCC2)cc1N. The normalized spacial score (nSPS) is 14.4. The number of hydrogen-bond acceptors (Lipinski definition) is 3. The molecular formula is C18H23N3. The minimum Gasteiger partial charge on any atom is -0.397 e. The first kappa shape index (κ1) is 13.8. The quantitative estimate of drug-likeness (QED) is 0.871. The van der Waals surface area contributed by atoms with Crippen molar-refractivity contribution in [3.63, 3.8) is 0 Å². The molecule has 3 rings (SSSR count). The van der Waals surface area contributed by atoms with Crippen molar-refractivity contribution in [2.24, 2.45) is 0 Å². The van der Waals surface area contributed by atoms with Gasteiger partial charge in [0.05, 0.1) is 11.4 Å². The van der Waals surface area contributed by atoms with Crippen LogP contribution in [-0.4, -0.2) is 20.1 Å². The van der Waals surface area contributed by atoms with Gasteiger partial charge in [-0.1, -0.05) is 30.3 Å². The predicted octanol–water partition coefficient (Wildman–Crippen LogP) is 3.51. The Morgan fingerprint density at radius 1 is 1.05 bits per heavy atom. The minimum atomic E-state index is 0.859. The summed E-state index contributed by atoms with van der Waals surface area (Å²) < 4.78 is 0. The molecule has 1 fully saturated rings. The predicted molar refractivity (Wildman–Crippen MR) is 90.9 cm³/mol. The highest BCUT2D eigenvalue weighted by Gasteiger charge is 2.14. The van der Waals surface area contributed by atoms with Gasteiger partial charge < -0.3 is 15.5 Å². The lowest BCUT2D eigenvalue weighted by molar-refractivity contribution is 0.922. The minimum absolute atomic E-state index is 0.859. The van der Waals surface area contributed by atoms with Crippen molar-refractivity contribution < 1.29 is 0 Å². The molecule has 1 heterocycles. The fraction of sp³-hybridized carbons (Fsp3) is 0.333. The van der Waals surface area contributed by atoms with Crippen molar-refractivity contribution in [3.05, 3.63) is 54.1 Å². The number of hydrogen-bond donors (Lipinski definition) is 1. The van der Waals surface area contributed by atoms with E-state index in [1.54, 1.807) is 0 Å². The summed E-state index contributed by atoms with van der Waals surface area (Å²) in [6.45, 7) is 3.17. The molecule has 0 spiro atoms. The molecule has 0 radical (unpaired) electrons. The van der Waals surface area contributed by atoms with Crippen molar-refractivity contribution in [2.45, 2.75) is 19.4 Å². The first-order valence-electron chi connectivity index (χ1n) is 7.63. The van der Waals surface area contributed by atoms with E-state index >= 15 is 0 Å². The molecule has 2 aromatic rings. The molecule has 1 saturated heterocycles. The van der Waals surface area contributed by atoms with Crippen LogP contribution in [0.2, 0.25) is 0 Å². The van der Waals surface area contributed by atoms with Gasteiger partial charge in [-0.05, 0) is 36.6 Å². The third-order valence-electron chi connectivity index (χ3n) is 4.16. The fourth-order valence-electron chi connectivity index (χ4n) is 3.00. The van der Waals surface area contributed by atoms with E-state index in [-0.39, 0.29) is 0 Å². The van der Waals surface area contributed by atoms with Crippen LogP contribution in [0.3, 0.4) is 0 Å². The zero-order chi connectivity index (χ0) is 14.7. The van der Waals surface area contributed by atoms with Crippen LogP contribution in [0.25, 0.3) is 0 Å². The molecule has 3 heteroatoms. The Morgan fingerprint density at radius 2 is 1.76 bits per heavy atom. The van der Waals surface area contributed by atoms with E-state index in [0.717, 1.165) is 31.0 Å². The van der Waals surface area contributed by atoms with Crippen LogP contribution in [0.1, 0.15) is 18.4 Å². The zero-order valence-corrected chi connectivity index (χ0v) is 12.6. The van der Waals surface area contributed by atoms with Crippen molar-refractivity contribution in [2.75, 3.05) is 35.7 Å². The average Bonchev–Trinajstić information content (AvgIpc) is 3.02. The van der Waals surface area contributed by atoms with Crippen LogP contribution >= 0.6 is 0 Å². The summed E-state index contributed by atoms with van der Waals surface area (Å²) in [5.41, 5.74) is 10.8. The monoisotopic (exact) mass is 281 g/mol. The molecule has 0 atom stereocenters. The Kier molecular flexibility index (Phi) is 4.00. The van der Waals surface area contributed by atoms with Crippen molar-refractivity contribution >= 4 is 17.1 Å². The van der Waals surface area contributed by atoms with Crippen LogP contribution in [0, 0.1) is 0 Å². The lowest BCUT2D eigenvalue weighted by Crippen LogP contribution is -2.20. The Morgan fingerprint density at radius 3 is 2.43 bits per heavy atom. The van der Waals surface area contributed by atoms with E-state index in [0.29, 0.717) is 0 Å². The van der Waals surface area contributed by atoms with Gasteiger partial charge in [-0.3, -0.25) is 0 Å². The van der Waals surface area contributed by atoms with E-state index in [1.807, 2.05) is 6.07 Å². The maximum absolute atomic E-state index is 6.28. The van der Waals surface area contributed by atoms with Gasteiger partial charge in [-0.25, -0.2) is 0 Å². The third kappa shape index (κ3) is 3.13. The molecule has 0 unspecified atom stereocenters. The van der Waals surface area contributed by atoms with Crippen molar-refractivity contribution in [1.82, 2.24) is 0 Å². The average molecular weight is 281 g/mol. The van der Waals surface area contributed by atoms with Crippen LogP contribution in [0.4, 0.5) is 17.1 Å². The first-order chi connectivity index (χ1) is 10.2. The van der Waals surface area contributed by atoms with Crippen molar-refractivity contribution in [1.29, 1.82) is 0 Å². The van der Waals surface area contributed by atoms with Crippen molar-refractivity contribution in [3.8, 4) is 0 Å². The highest BCUT2D eigenvalue weighted by Crippen LogP contribution is 2.30. The molecule has 1 aliphatic heterocycles. The van der Waals surface area contributed by atoms with Gasteiger partial charge in [-0.2, -0.15) is 0 Å². The zero-order valence-electron chi connectivity index (χ0n) is 12.6. The van der Waals surface area contributed by atoms with Gasteiger partial charge in [0.2, 0.25) is 0 Å². The standard InChI is InChI=1S/C18H23N3/c1-20(14-15-7-3-2-4-8-15)18-10-9-16(13-17(18)19)21-11-5-6-12-21/h2-4,7-10,13H,5-6,11-12,14,19H2,1H3. The molecule has 0 bridgehead atoms. The Balaban J connectivity index is 1.75. The van der Waals surface area contributed by atoms with E-state index < -0.39 is 0 Å². The molecule has 0 aliphatic carbocycles. The molecule has 21 heavy (non-hydrogen) atoms. The van der Waals surface area contributed by atoms with E-state index in [1.165, 1.54) is 24.1 Å². The van der Waals surface area contributed by atoms with Gasteiger partial charge in [0.15, 0.2) is 0 Å². The molecule has 2 N–H and O–H groups in total. The Labute approximate surface area is 127 Å². The highest BCUT2D eigenvalue weighted by atomic mass is 15.1. The number of nitrogen functional groups attached to an aromatic ring is 1. The second-order valence-electron chi connectivity index (χ2n) is 5.78. The first-order valence-corrected chi connectivity index (χ1v) is 7.63. The molecule has 0 saturated carbocycles. The lowest BCUT2D eigenvalue weighted by atomic mass is 10.1. The van der Waals surface area contributed by atoms with E-state index in [2.05, 4.69) is 59.3 Å². The van der Waals surface area contributed by atoms with Crippen LogP contribution in [0.15, 0.2) is 48.5 Å². The number of benzene rings is 2. The summed E-state index contributed by atoms with van der Waals surface area (Å²) in [4.78, 5) is 4.62. The second-order valence-corrected chi connectivity index (χ2v) is 5.78. The van der Waals surface area contributed by atoms with Crippen LogP contribution in [-0.2, 0) is 6.54 Å². The van der Waals surface area contributed by atoms with Gasteiger partial charge in [0.25, 0.3) is 0 Å². The van der Waals surface area contributed by atoms with Gasteiger partial charge in [-0.15, -0.1) is 0 Å². The number of nitrogens with two attached hydrogens (primary N) is 1. The highest BCUT2D eigenvalue weighted by molar-refractivity contribution is 5.73. The number of nitrogens with zero attached hydrogens (tertiary/aromatic N) is 2. The molecule has 0 aromatic heterocycles. The van der Waals surface area contributed by atoms with E-state index in [4.69, 9.17) is 5.73 Å². The molecule has 3 nitrogen and oxygen atoms in total. The third-order valence-corrected chi connectivity index (χ3v) is 4.16. The van der Waals surface area contributed by atoms with Gasteiger partial charge in [0.1, 0.15) is 0 Å². The maximum atomic E-state index is 6.28. The summed E-state index contributed by atoms with van der Waals surface area (Å²) in [6, 6.07) is 16.9. The summed E-state index contributed by atoms with van der Waals surface area (Å²) in [5.74, 6) is 0. The lowest BCUT2D eigenvalue weighted by Gasteiger charge is -2.24. The molecule has 0 amide bonds. The Hall–Kier alpha value is -2.16. The van der Waals surface area contributed by atoms with Crippen LogP contribution in [0.5, 0.6) is 0 Å². The summed E-state index contributed by atoms with van der Waals surface area (Å²) in [5, 5.41) is 0. The molecule has 2 aromatic carbocycles. The summed E-state index contributed by atoms with van der Waals surface area (Å²) in [7, 11) is 2.09. The maximum Gasteiger partial charge on any atom is 0.0601 e. The Bertz CT molecular complexity index is 589. The molecule has 110 valence electrons. The summed E-state index contributed by atoms with van der Waals surface area (Å²) >= 11 is 0. The van der Waals surface area contributed by atoms with E-state index in [9.17, 15) is 0 Å². The smallest absolute Gasteiger partial charge is 0.0601 e. The van der Waals surface area contributed by atoms with Gasteiger partial charge >= 0.3 is 0 Å². The largest absolute Gasteiger partial charge is 0.397 e. The topological polar surface area (TPSA) is 32.5 Å². The molecular weight excluding hydrogens is 258 g/mol. The van der Waals surface area contributed by atoms with Crippen LogP contribution < -0.4 is 15.5 Å². The fourth-order valence-corrected chi connectivity index (χ4v) is 3.00. The summed E-state index contributed by atoms with van der Waals surface area (Å²) in [6.07, 6.45) is 2.57. The number of anilines is 3.